The molecule has 0 spiro atoms. The third-order valence-corrected chi connectivity index (χ3v) is 7.89. The Kier molecular flexibility index (Phi) is 9.53. The van der Waals surface area contributed by atoms with Crippen LogP contribution in [0.15, 0.2) is 58.3 Å². The maximum atomic E-state index is 14.7. The molecule has 1 aliphatic rings. The quantitative estimate of drug-likeness (QED) is 0.139. The van der Waals surface area contributed by atoms with Crippen molar-refractivity contribution >= 4 is 30.4 Å². The Morgan fingerprint density at radius 2 is 0.826 bits per heavy atom. The van der Waals surface area contributed by atoms with Crippen molar-refractivity contribution in [2.75, 3.05) is 5.75 Å². The Morgan fingerprint density at radius 3 is 1.17 bits per heavy atom. The number of para-hydroxylation sites is 2. The summed E-state index contributed by atoms with van der Waals surface area (Å²) in [6.45, 7) is 0. The van der Waals surface area contributed by atoms with E-state index in [1.54, 1.807) is 0 Å². The van der Waals surface area contributed by atoms with Gasteiger partial charge in [0.25, 0.3) is 0 Å². The molecular formula is C21H11F22OSSb. The third kappa shape index (κ3) is 7.45. The average Bonchev–Trinajstić information content (AvgIpc) is 2.85. The zero-order valence-corrected chi connectivity index (χ0v) is 24.4. The van der Waals surface area contributed by atoms with E-state index in [0.29, 0.717) is 0 Å². The van der Waals surface area contributed by atoms with E-state index in [4.69, 9.17) is 4.74 Å². The Hall–Kier alpha value is -2.13. The number of alkyl halides is 16. The minimum atomic E-state index is -11.2. The molecular weight excluding hydrogens is 840 g/mol. The van der Waals surface area contributed by atoms with Crippen molar-refractivity contribution in [2.24, 2.45) is 0 Å². The third-order valence-electron chi connectivity index (χ3n) is 5.50. The van der Waals surface area contributed by atoms with Gasteiger partial charge in [0.05, 0.1) is 10.9 Å². The number of rotatable bonds is 9. The van der Waals surface area contributed by atoms with Crippen molar-refractivity contribution in [3.05, 3.63) is 48.5 Å². The topological polar surface area (TPSA) is 9.23 Å². The molecule has 0 N–H and O–H groups in total. The molecule has 0 aromatic heterocycles. The van der Waals surface area contributed by atoms with Gasteiger partial charge < -0.3 is 4.74 Å². The predicted molar refractivity (Wildman–Crippen MR) is 115 cm³/mol. The van der Waals surface area contributed by atoms with Crippen molar-refractivity contribution in [3.63, 3.8) is 0 Å². The summed E-state index contributed by atoms with van der Waals surface area (Å²) in [5, 5.41) is 0. The van der Waals surface area contributed by atoms with Crippen LogP contribution in [0.1, 0.15) is 0 Å². The van der Waals surface area contributed by atoms with E-state index in [1.165, 1.54) is 12.1 Å². The zero-order chi connectivity index (χ0) is 36.4. The molecule has 2 aromatic carbocycles. The Labute approximate surface area is 245 Å². The van der Waals surface area contributed by atoms with Crippen LogP contribution < -0.4 is 4.74 Å². The molecule has 46 heavy (non-hydrogen) atoms. The number of fused-ring (bicyclic) bond motifs is 2. The predicted octanol–water partition coefficient (Wildman–Crippen LogP) is 10.7. The van der Waals surface area contributed by atoms with E-state index in [9.17, 15) is 87.1 Å². The van der Waals surface area contributed by atoms with E-state index in [2.05, 4.69) is 0 Å². The van der Waals surface area contributed by atoms with Crippen molar-refractivity contribution in [1.82, 2.24) is 0 Å². The van der Waals surface area contributed by atoms with E-state index < -0.39 is 84.0 Å². The van der Waals surface area contributed by atoms with Gasteiger partial charge in [-0.3, -0.25) is 0 Å². The molecule has 25 heteroatoms. The van der Waals surface area contributed by atoms with Crippen LogP contribution in [0.3, 0.4) is 0 Å². The summed E-state index contributed by atoms with van der Waals surface area (Å²) in [6.07, 6.45) is -5.88. The van der Waals surface area contributed by atoms with Crippen molar-refractivity contribution in [1.29, 1.82) is 0 Å². The summed E-state index contributed by atoms with van der Waals surface area (Å²) in [5.74, 6) is -57.6. The van der Waals surface area contributed by atoms with Crippen LogP contribution in [-0.4, -0.2) is 73.1 Å². The molecule has 0 amide bonds. The fourth-order valence-corrected chi connectivity index (χ4v) is 5.59. The summed E-state index contributed by atoms with van der Waals surface area (Å²) in [4.78, 5) is -0.703. The van der Waals surface area contributed by atoms with Crippen LogP contribution in [-0.2, 0) is 10.9 Å². The molecule has 0 bridgehead atoms. The van der Waals surface area contributed by atoms with E-state index >= 15 is 0 Å². The van der Waals surface area contributed by atoms with Crippen molar-refractivity contribution < 1.29 is 91.9 Å². The first-order valence-corrected chi connectivity index (χ1v) is 18.2. The van der Waals surface area contributed by atoms with Gasteiger partial charge in [-0.1, -0.05) is 24.3 Å². The Morgan fingerprint density at radius 1 is 0.522 bits per heavy atom. The molecule has 0 unspecified atom stereocenters. The van der Waals surface area contributed by atoms with Gasteiger partial charge in [-0.2, -0.15) is 61.5 Å². The Balaban J connectivity index is 0.000000942. The fraction of sp³-hybridized carbons (Fsp3) is 0.429. The van der Waals surface area contributed by atoms with E-state index in [-0.39, 0.29) is 21.3 Å². The van der Waals surface area contributed by atoms with Gasteiger partial charge in [0, 0.05) is 0 Å². The molecule has 2 aromatic rings. The maximum absolute atomic E-state index is 14.7. The normalized spacial score (nSPS) is 17.2. The van der Waals surface area contributed by atoms with Gasteiger partial charge >= 0.3 is 84.2 Å². The second kappa shape index (κ2) is 10.9. The summed E-state index contributed by atoms with van der Waals surface area (Å²) in [7, 11) is -2.42. The summed E-state index contributed by atoms with van der Waals surface area (Å²) < 4.78 is 284. The average molecular weight is 851 g/mol. The van der Waals surface area contributed by atoms with Gasteiger partial charge in [0.1, 0.15) is 0 Å². The molecule has 3 rings (SSSR count). The molecule has 1 aliphatic heterocycles. The first kappa shape index (κ1) is 40.0. The standard InChI is InChI=1S/C21H11F16OS.6FH.Sb/c22-14(23)16(26,27)18(30,31)20(34,35)21(36,37)19(32,33)17(28,29)15(24,25)9-39-12-7-3-1-5-10(12)38-11-6-2-4-8-13(11)39;;;;;;;/h1-8,14H,9H2;6*1H;/q+1;;;;;;;+5/p-6. The summed E-state index contributed by atoms with van der Waals surface area (Å²) in [6, 6.07) is 9.08. The molecule has 0 fully saturated rings. The molecule has 1 heterocycles. The minimum absolute atomic E-state index is 0.267. The molecule has 0 aliphatic carbocycles. The molecule has 0 radical (unpaired) electrons. The number of benzene rings is 2. The van der Waals surface area contributed by atoms with E-state index in [0.717, 1.165) is 36.4 Å². The second-order valence-corrected chi connectivity index (χ2v) is 16.4. The van der Waals surface area contributed by atoms with Gasteiger partial charge in [0.15, 0.2) is 17.3 Å². The van der Waals surface area contributed by atoms with Crippen LogP contribution in [0.2, 0.25) is 0 Å². The summed E-state index contributed by atoms with van der Waals surface area (Å²) >= 11 is -11.2. The van der Waals surface area contributed by atoms with Crippen molar-refractivity contribution in [2.45, 2.75) is 57.7 Å². The molecule has 0 saturated carbocycles. The van der Waals surface area contributed by atoms with E-state index in [1.807, 2.05) is 0 Å². The number of halogens is 22. The molecule has 0 atom stereocenters. The fourth-order valence-electron chi connectivity index (χ4n) is 3.31. The summed E-state index contributed by atoms with van der Waals surface area (Å²) in [5.41, 5.74) is 0. The van der Waals surface area contributed by atoms with Crippen LogP contribution in [0.4, 0.5) is 87.1 Å². The van der Waals surface area contributed by atoms with Gasteiger partial charge in [0.2, 0.25) is 9.79 Å². The van der Waals surface area contributed by atoms with Crippen LogP contribution in [0, 0.1) is 0 Å². The first-order valence-electron chi connectivity index (χ1n) is 11.0. The van der Waals surface area contributed by atoms with Gasteiger partial charge in [-0.25, -0.2) is 8.78 Å². The molecule has 266 valence electrons. The number of ether oxygens (including phenoxy) is 1. The first-order chi connectivity index (χ1) is 19.9. The van der Waals surface area contributed by atoms with Crippen LogP contribution in [0.5, 0.6) is 11.5 Å². The van der Waals surface area contributed by atoms with Gasteiger partial charge in [-0.05, 0) is 24.3 Å². The Bertz CT molecular complexity index is 1360. The molecule has 0 saturated heterocycles. The van der Waals surface area contributed by atoms with Crippen molar-refractivity contribution in [3.8, 4) is 11.5 Å². The van der Waals surface area contributed by atoms with Crippen LogP contribution in [0.25, 0.3) is 0 Å². The van der Waals surface area contributed by atoms with Crippen LogP contribution >= 0.6 is 0 Å². The monoisotopic (exact) mass is 850 g/mol. The molecule has 1 nitrogen and oxygen atoms in total. The number of hydrogen-bond acceptors (Lipinski definition) is 1. The zero-order valence-electron chi connectivity index (χ0n) is 21.0. The van der Waals surface area contributed by atoms with Gasteiger partial charge in [-0.15, -0.1) is 0 Å². The number of hydrogen-bond donors (Lipinski definition) is 0. The SMILES string of the molecule is FC(F)C(F)(F)C(F)(F)C(F)(F)C(F)(F)C(F)(F)C(F)(F)C(F)(F)C[S+]1c2ccccc2Oc2ccccc21.[F][Sb-]([F])([F])([F])([F])[F]. The second-order valence-electron chi connectivity index (χ2n) is 8.99.